The van der Waals surface area contributed by atoms with Crippen LogP contribution < -0.4 is 15.0 Å². The second kappa shape index (κ2) is 10.3. The van der Waals surface area contributed by atoms with Gasteiger partial charge in [-0.05, 0) is 43.3 Å². The standard InChI is InChI=1S/C23H22ClF3N6O2/c1-2-35-22-30-20(28-18-8-4-6-16(14-18)23(25,26)27)29-21(31-22)33-11-9-32(10-12-33)19(34)15-5-3-7-17(24)13-15/h3-8,13-14H,2,9-12H2,1H3,(H,28,29,30,31). The molecule has 2 heterocycles. The number of hydrogen-bond donors (Lipinski definition) is 1. The van der Waals surface area contributed by atoms with Gasteiger partial charge in [0, 0.05) is 42.5 Å². The van der Waals surface area contributed by atoms with Crippen LogP contribution in [0.2, 0.25) is 5.02 Å². The van der Waals surface area contributed by atoms with E-state index in [-0.39, 0.29) is 23.6 Å². The van der Waals surface area contributed by atoms with Crippen molar-refractivity contribution in [1.82, 2.24) is 19.9 Å². The Balaban J connectivity index is 1.50. The van der Waals surface area contributed by atoms with Crippen molar-refractivity contribution in [2.24, 2.45) is 0 Å². The van der Waals surface area contributed by atoms with Gasteiger partial charge in [-0.25, -0.2) is 0 Å². The maximum Gasteiger partial charge on any atom is 0.416 e. The highest BCUT2D eigenvalue weighted by Crippen LogP contribution is 2.31. The summed E-state index contributed by atoms with van der Waals surface area (Å²) < 4.78 is 44.6. The van der Waals surface area contributed by atoms with Crippen molar-refractivity contribution in [3.8, 4) is 6.01 Å². The van der Waals surface area contributed by atoms with Crippen LogP contribution >= 0.6 is 11.6 Å². The van der Waals surface area contributed by atoms with Gasteiger partial charge in [-0.2, -0.15) is 28.1 Å². The van der Waals surface area contributed by atoms with E-state index in [0.29, 0.717) is 49.3 Å². The molecule has 3 aromatic rings. The van der Waals surface area contributed by atoms with E-state index in [1.165, 1.54) is 12.1 Å². The minimum absolute atomic E-state index is 0.0457. The Morgan fingerprint density at radius 1 is 1.06 bits per heavy atom. The number of carbonyl (C=O) groups excluding carboxylic acids is 1. The molecular formula is C23H22ClF3N6O2. The molecule has 35 heavy (non-hydrogen) atoms. The number of alkyl halides is 3. The third kappa shape index (κ3) is 6.10. The van der Waals surface area contributed by atoms with Crippen LogP contribution in [0.15, 0.2) is 48.5 Å². The lowest BCUT2D eigenvalue weighted by Crippen LogP contribution is -2.49. The molecule has 12 heteroatoms. The van der Waals surface area contributed by atoms with E-state index in [2.05, 4.69) is 20.3 Å². The second-order valence-corrected chi connectivity index (χ2v) is 8.10. The number of amides is 1. The summed E-state index contributed by atoms with van der Waals surface area (Å²) in [6.45, 7) is 3.82. The van der Waals surface area contributed by atoms with Gasteiger partial charge in [0.2, 0.25) is 11.9 Å². The molecule has 0 saturated carbocycles. The van der Waals surface area contributed by atoms with Crippen molar-refractivity contribution in [3.63, 3.8) is 0 Å². The maximum absolute atomic E-state index is 13.1. The Hall–Kier alpha value is -3.60. The highest BCUT2D eigenvalue weighted by Gasteiger charge is 2.30. The van der Waals surface area contributed by atoms with Gasteiger partial charge < -0.3 is 19.9 Å². The third-order valence-electron chi connectivity index (χ3n) is 5.24. The summed E-state index contributed by atoms with van der Waals surface area (Å²) in [5.74, 6) is 0.229. The third-order valence-corrected chi connectivity index (χ3v) is 5.48. The molecule has 1 aliphatic rings. The van der Waals surface area contributed by atoms with Crippen LogP contribution in [0.4, 0.5) is 30.8 Å². The van der Waals surface area contributed by atoms with Gasteiger partial charge in [0.15, 0.2) is 0 Å². The Kier molecular flexibility index (Phi) is 7.25. The number of halogens is 4. The van der Waals surface area contributed by atoms with Crippen molar-refractivity contribution < 1.29 is 22.7 Å². The zero-order valence-corrected chi connectivity index (χ0v) is 19.5. The first-order valence-corrected chi connectivity index (χ1v) is 11.2. The zero-order chi connectivity index (χ0) is 25.0. The van der Waals surface area contributed by atoms with Crippen LogP contribution in [0.1, 0.15) is 22.8 Å². The largest absolute Gasteiger partial charge is 0.464 e. The predicted molar refractivity (Wildman–Crippen MR) is 125 cm³/mol. The second-order valence-electron chi connectivity index (χ2n) is 7.67. The summed E-state index contributed by atoms with van der Waals surface area (Å²) in [6, 6.07) is 11.6. The molecule has 2 aromatic carbocycles. The number of rotatable bonds is 6. The fourth-order valence-corrected chi connectivity index (χ4v) is 3.74. The first-order valence-electron chi connectivity index (χ1n) is 10.9. The average Bonchev–Trinajstić information content (AvgIpc) is 2.83. The average molecular weight is 507 g/mol. The molecule has 0 bridgehead atoms. The summed E-state index contributed by atoms with van der Waals surface area (Å²) in [5, 5.41) is 3.29. The number of nitrogens with zero attached hydrogens (tertiary/aromatic N) is 5. The molecule has 184 valence electrons. The lowest BCUT2D eigenvalue weighted by molar-refractivity contribution is -0.137. The van der Waals surface area contributed by atoms with Crippen molar-refractivity contribution in [1.29, 1.82) is 0 Å². The monoisotopic (exact) mass is 506 g/mol. The fourth-order valence-electron chi connectivity index (χ4n) is 3.55. The fraction of sp³-hybridized carbons (Fsp3) is 0.304. The summed E-state index contributed by atoms with van der Waals surface area (Å²) in [6.07, 6.45) is -4.47. The number of benzene rings is 2. The van der Waals surface area contributed by atoms with E-state index >= 15 is 0 Å². The summed E-state index contributed by atoms with van der Waals surface area (Å²) >= 11 is 6.00. The molecule has 1 saturated heterocycles. The van der Waals surface area contributed by atoms with Gasteiger partial charge in [-0.15, -0.1) is 0 Å². The van der Waals surface area contributed by atoms with E-state index in [4.69, 9.17) is 16.3 Å². The van der Waals surface area contributed by atoms with Crippen molar-refractivity contribution >= 4 is 35.1 Å². The van der Waals surface area contributed by atoms with Gasteiger partial charge in [0.05, 0.1) is 12.2 Å². The quantitative estimate of drug-likeness (QED) is 0.521. The normalized spacial score (nSPS) is 14.1. The van der Waals surface area contributed by atoms with Crippen LogP contribution in [-0.2, 0) is 6.18 Å². The first-order chi connectivity index (χ1) is 16.7. The van der Waals surface area contributed by atoms with E-state index < -0.39 is 11.7 Å². The van der Waals surface area contributed by atoms with Crippen LogP contribution in [0.5, 0.6) is 6.01 Å². The molecule has 1 N–H and O–H groups in total. The highest BCUT2D eigenvalue weighted by molar-refractivity contribution is 6.30. The van der Waals surface area contributed by atoms with Crippen LogP contribution in [0.3, 0.4) is 0 Å². The molecule has 8 nitrogen and oxygen atoms in total. The molecule has 0 spiro atoms. The molecular weight excluding hydrogens is 485 g/mol. The topological polar surface area (TPSA) is 83.5 Å². The number of carbonyl (C=O) groups is 1. The minimum atomic E-state index is -4.47. The zero-order valence-electron chi connectivity index (χ0n) is 18.7. The van der Waals surface area contributed by atoms with E-state index in [1.807, 2.05) is 4.90 Å². The van der Waals surface area contributed by atoms with E-state index in [9.17, 15) is 18.0 Å². The molecule has 0 unspecified atom stereocenters. The number of piperazine rings is 1. The summed E-state index contributed by atoms with van der Waals surface area (Å²) in [7, 11) is 0. The van der Waals surface area contributed by atoms with Crippen molar-refractivity contribution in [2.75, 3.05) is 43.0 Å². The van der Waals surface area contributed by atoms with Crippen LogP contribution in [0, 0.1) is 0 Å². The van der Waals surface area contributed by atoms with Crippen molar-refractivity contribution in [2.45, 2.75) is 13.1 Å². The van der Waals surface area contributed by atoms with Gasteiger partial charge in [-0.3, -0.25) is 4.79 Å². The molecule has 0 atom stereocenters. The number of nitrogens with one attached hydrogen (secondary N) is 1. The SMILES string of the molecule is CCOc1nc(Nc2cccc(C(F)(F)F)c2)nc(N2CCN(C(=O)c3cccc(Cl)c3)CC2)n1. The molecule has 1 fully saturated rings. The minimum Gasteiger partial charge on any atom is -0.464 e. The van der Waals surface area contributed by atoms with Crippen LogP contribution in [0.25, 0.3) is 0 Å². The maximum atomic E-state index is 13.1. The highest BCUT2D eigenvalue weighted by atomic mass is 35.5. The van der Waals surface area contributed by atoms with Gasteiger partial charge in [0.1, 0.15) is 0 Å². The lowest BCUT2D eigenvalue weighted by atomic mass is 10.2. The first kappa shape index (κ1) is 24.5. The Morgan fingerprint density at radius 2 is 1.80 bits per heavy atom. The number of ether oxygens (including phenoxy) is 1. The Labute approximate surface area is 204 Å². The predicted octanol–water partition coefficient (Wildman–Crippen LogP) is 4.65. The number of hydrogen-bond acceptors (Lipinski definition) is 7. The summed E-state index contributed by atoms with van der Waals surface area (Å²) in [4.78, 5) is 29.2. The number of aromatic nitrogens is 3. The lowest BCUT2D eigenvalue weighted by Gasteiger charge is -2.34. The molecule has 1 aromatic heterocycles. The van der Waals surface area contributed by atoms with Gasteiger partial charge in [0.25, 0.3) is 5.91 Å². The van der Waals surface area contributed by atoms with E-state index in [1.54, 1.807) is 36.1 Å². The summed E-state index contributed by atoms with van der Waals surface area (Å²) in [5.41, 5.74) is -0.101. The smallest absolute Gasteiger partial charge is 0.416 e. The van der Waals surface area contributed by atoms with E-state index in [0.717, 1.165) is 12.1 Å². The number of anilines is 3. The van der Waals surface area contributed by atoms with Gasteiger partial charge in [-0.1, -0.05) is 23.7 Å². The Morgan fingerprint density at radius 3 is 2.49 bits per heavy atom. The molecule has 4 rings (SSSR count). The Bertz CT molecular complexity index is 1200. The molecule has 0 aliphatic carbocycles. The van der Waals surface area contributed by atoms with Crippen molar-refractivity contribution in [3.05, 3.63) is 64.7 Å². The van der Waals surface area contributed by atoms with Gasteiger partial charge >= 0.3 is 12.2 Å². The van der Waals surface area contributed by atoms with Crippen LogP contribution in [-0.4, -0.2) is 58.5 Å². The molecule has 0 radical (unpaired) electrons. The molecule has 1 aliphatic heterocycles. The molecule has 1 amide bonds.